The third kappa shape index (κ3) is 1.92. The van der Waals surface area contributed by atoms with Crippen LogP contribution in [0.4, 0.5) is 0 Å². The van der Waals surface area contributed by atoms with Crippen LogP contribution in [0.15, 0.2) is 48.8 Å². The van der Waals surface area contributed by atoms with Gasteiger partial charge < -0.3 is 0 Å². The number of hydrogen-bond donors (Lipinski definition) is 1. The predicted octanol–water partition coefficient (Wildman–Crippen LogP) is 2.33. The maximum Gasteiger partial charge on any atom is 0.116 e. The van der Waals surface area contributed by atoms with Gasteiger partial charge in [0.25, 0.3) is 0 Å². The van der Waals surface area contributed by atoms with Crippen LogP contribution in [-0.4, -0.2) is 20.2 Å². The zero-order valence-corrected chi connectivity index (χ0v) is 8.96. The number of H-pyrrole nitrogens is 1. The van der Waals surface area contributed by atoms with E-state index in [1.165, 1.54) is 0 Å². The Morgan fingerprint density at radius 3 is 2.59 bits per heavy atom. The molecule has 1 radical (unpaired) electrons. The molecule has 0 aliphatic carbocycles. The Morgan fingerprint density at radius 1 is 1.00 bits per heavy atom. The minimum absolute atomic E-state index is 0.813. The van der Waals surface area contributed by atoms with Crippen LogP contribution in [0.1, 0.15) is 0 Å². The fourth-order valence-electron chi connectivity index (χ4n) is 1.62. The summed E-state index contributed by atoms with van der Waals surface area (Å²) in [4.78, 5) is 8.47. The maximum atomic E-state index is 4.26. The van der Waals surface area contributed by atoms with Crippen LogP contribution >= 0.6 is 0 Å². The van der Waals surface area contributed by atoms with Crippen LogP contribution in [0, 0.1) is 6.20 Å². The van der Waals surface area contributed by atoms with Crippen molar-refractivity contribution in [2.45, 2.75) is 0 Å². The lowest BCUT2D eigenvalue weighted by molar-refractivity contribution is 1.07. The van der Waals surface area contributed by atoms with Gasteiger partial charge in [-0.2, -0.15) is 5.10 Å². The van der Waals surface area contributed by atoms with Gasteiger partial charge in [-0.3, -0.25) is 5.10 Å². The molecular formula is C13H9N4. The molecule has 0 aliphatic heterocycles. The van der Waals surface area contributed by atoms with E-state index in [1.54, 1.807) is 12.4 Å². The molecule has 2 aromatic heterocycles. The van der Waals surface area contributed by atoms with E-state index in [2.05, 4.69) is 26.4 Å². The van der Waals surface area contributed by atoms with Crippen molar-refractivity contribution in [3.8, 4) is 22.6 Å². The van der Waals surface area contributed by atoms with Gasteiger partial charge in [0.15, 0.2) is 0 Å². The first-order chi connectivity index (χ1) is 8.43. The van der Waals surface area contributed by atoms with Crippen molar-refractivity contribution in [2.75, 3.05) is 0 Å². The number of aromatic nitrogens is 4. The minimum atomic E-state index is 0.813. The second-order valence-electron chi connectivity index (χ2n) is 3.57. The Balaban J connectivity index is 2.06. The highest BCUT2D eigenvalue weighted by Crippen LogP contribution is 2.20. The van der Waals surface area contributed by atoms with Crippen molar-refractivity contribution in [1.82, 2.24) is 20.2 Å². The van der Waals surface area contributed by atoms with E-state index in [-0.39, 0.29) is 0 Å². The lowest BCUT2D eigenvalue weighted by atomic mass is 10.1. The molecule has 0 unspecified atom stereocenters. The van der Waals surface area contributed by atoms with Crippen LogP contribution in [0.5, 0.6) is 0 Å². The van der Waals surface area contributed by atoms with E-state index < -0.39 is 0 Å². The van der Waals surface area contributed by atoms with Gasteiger partial charge in [-0.1, -0.05) is 30.3 Å². The molecule has 17 heavy (non-hydrogen) atoms. The summed E-state index contributed by atoms with van der Waals surface area (Å²) < 4.78 is 0. The molecule has 3 rings (SSSR count). The van der Waals surface area contributed by atoms with Gasteiger partial charge in [0, 0.05) is 5.56 Å². The largest absolute Gasteiger partial charge is 0.276 e. The monoisotopic (exact) mass is 221 g/mol. The normalized spacial score (nSPS) is 10.4. The van der Waals surface area contributed by atoms with Gasteiger partial charge in [0.2, 0.25) is 0 Å². The molecule has 0 fully saturated rings. The average molecular weight is 221 g/mol. The number of nitrogens with one attached hydrogen (secondary N) is 1. The number of aromatic amines is 1. The fourth-order valence-corrected chi connectivity index (χ4v) is 1.62. The van der Waals surface area contributed by atoms with Crippen LogP contribution in [0.25, 0.3) is 22.6 Å². The third-order valence-electron chi connectivity index (χ3n) is 2.46. The SMILES string of the molecule is [c]1cc(-c2cc(-c3ccccc3)ncn2)[nH]n1. The molecule has 0 aliphatic rings. The zero-order chi connectivity index (χ0) is 11.5. The lowest BCUT2D eigenvalue weighted by Gasteiger charge is -2.01. The second kappa shape index (κ2) is 4.17. The highest BCUT2D eigenvalue weighted by molar-refractivity contribution is 5.65. The van der Waals surface area contributed by atoms with Crippen molar-refractivity contribution >= 4 is 0 Å². The van der Waals surface area contributed by atoms with Crippen molar-refractivity contribution in [1.29, 1.82) is 0 Å². The Morgan fingerprint density at radius 2 is 1.82 bits per heavy atom. The minimum Gasteiger partial charge on any atom is -0.276 e. The summed E-state index contributed by atoms with van der Waals surface area (Å²) in [5.41, 5.74) is 3.61. The predicted molar refractivity (Wildman–Crippen MR) is 63.9 cm³/mol. The summed E-state index contributed by atoms with van der Waals surface area (Å²) in [6.07, 6.45) is 4.28. The molecule has 0 saturated heterocycles. The summed E-state index contributed by atoms with van der Waals surface area (Å²) in [6.45, 7) is 0. The fraction of sp³-hybridized carbons (Fsp3) is 0. The van der Waals surface area contributed by atoms with E-state index in [0.717, 1.165) is 22.6 Å². The van der Waals surface area contributed by atoms with Gasteiger partial charge >= 0.3 is 0 Å². The molecule has 0 bridgehead atoms. The van der Waals surface area contributed by atoms with Crippen molar-refractivity contribution < 1.29 is 0 Å². The molecule has 1 N–H and O–H groups in total. The summed E-state index contributed by atoms with van der Waals surface area (Å²) in [6, 6.07) is 13.7. The van der Waals surface area contributed by atoms with Gasteiger partial charge in [-0.25, -0.2) is 9.97 Å². The van der Waals surface area contributed by atoms with Crippen LogP contribution in [0.3, 0.4) is 0 Å². The molecular weight excluding hydrogens is 212 g/mol. The van der Waals surface area contributed by atoms with E-state index >= 15 is 0 Å². The molecule has 3 aromatic rings. The molecule has 1 aromatic carbocycles. The van der Waals surface area contributed by atoms with E-state index in [9.17, 15) is 0 Å². The highest BCUT2D eigenvalue weighted by Gasteiger charge is 2.04. The molecule has 0 atom stereocenters. The Labute approximate surface area is 98.4 Å². The molecule has 0 amide bonds. The van der Waals surface area contributed by atoms with Crippen molar-refractivity contribution in [2.24, 2.45) is 0 Å². The quantitative estimate of drug-likeness (QED) is 0.722. The smallest absolute Gasteiger partial charge is 0.116 e. The first kappa shape index (κ1) is 9.72. The average Bonchev–Trinajstić information content (AvgIpc) is 2.94. The van der Waals surface area contributed by atoms with Gasteiger partial charge in [0.1, 0.15) is 12.5 Å². The molecule has 0 saturated carbocycles. The first-order valence-electron chi connectivity index (χ1n) is 5.23. The molecule has 81 valence electrons. The lowest BCUT2D eigenvalue weighted by Crippen LogP contribution is -1.89. The number of benzene rings is 1. The Bertz CT molecular complexity index is 602. The number of rotatable bonds is 2. The van der Waals surface area contributed by atoms with Crippen LogP contribution in [0.2, 0.25) is 0 Å². The number of hydrogen-bond acceptors (Lipinski definition) is 3. The zero-order valence-electron chi connectivity index (χ0n) is 8.96. The summed E-state index contributed by atoms with van der Waals surface area (Å²) in [7, 11) is 0. The van der Waals surface area contributed by atoms with Gasteiger partial charge in [-0.05, 0) is 12.1 Å². The topological polar surface area (TPSA) is 54.5 Å². The summed E-state index contributed by atoms with van der Waals surface area (Å²) in [5.74, 6) is 0. The van der Waals surface area contributed by atoms with Gasteiger partial charge in [0.05, 0.1) is 17.1 Å². The van der Waals surface area contributed by atoms with E-state index in [1.807, 2.05) is 36.4 Å². The summed E-state index contributed by atoms with van der Waals surface area (Å²) >= 11 is 0. The molecule has 4 heteroatoms. The van der Waals surface area contributed by atoms with E-state index in [0.29, 0.717) is 0 Å². The second-order valence-corrected chi connectivity index (χ2v) is 3.57. The first-order valence-corrected chi connectivity index (χ1v) is 5.23. The van der Waals surface area contributed by atoms with Crippen LogP contribution in [-0.2, 0) is 0 Å². The number of nitrogens with zero attached hydrogens (tertiary/aromatic N) is 3. The maximum absolute atomic E-state index is 4.26. The molecule has 0 spiro atoms. The van der Waals surface area contributed by atoms with Crippen LogP contribution < -0.4 is 0 Å². The highest BCUT2D eigenvalue weighted by atomic mass is 15.1. The standard InChI is InChI=1S/C13H9N4/c1-2-4-10(5-3-1)12-8-13(15-9-14-12)11-6-7-16-17-11/h1-6,8-9H,(H,16,17). The molecule has 4 nitrogen and oxygen atoms in total. The van der Waals surface area contributed by atoms with E-state index in [4.69, 9.17) is 0 Å². The Hall–Kier alpha value is -2.49. The van der Waals surface area contributed by atoms with Crippen molar-refractivity contribution in [3.63, 3.8) is 0 Å². The third-order valence-corrected chi connectivity index (χ3v) is 2.46. The van der Waals surface area contributed by atoms with Crippen molar-refractivity contribution in [3.05, 3.63) is 55.0 Å². The van der Waals surface area contributed by atoms with Gasteiger partial charge in [-0.15, -0.1) is 0 Å². The Kier molecular flexibility index (Phi) is 2.38. The summed E-state index contributed by atoms with van der Waals surface area (Å²) in [5, 5.41) is 6.63. The molecule has 2 heterocycles.